The smallest absolute Gasteiger partial charge is 0.219 e. The maximum atomic E-state index is 11.6. The number of benzene rings is 3. The van der Waals surface area contributed by atoms with Crippen LogP contribution < -0.4 is 5.32 Å². The number of nitrogens with one attached hydrogen (secondary N) is 1. The van der Waals surface area contributed by atoms with Gasteiger partial charge in [0.1, 0.15) is 30.5 Å². The fourth-order valence-corrected chi connectivity index (χ4v) is 4.73. The zero-order valence-corrected chi connectivity index (χ0v) is 23.6. The molecule has 2 N–H and O–H groups in total. The van der Waals surface area contributed by atoms with Crippen LogP contribution in [0.3, 0.4) is 0 Å². The van der Waals surface area contributed by atoms with Gasteiger partial charge in [-0.25, -0.2) is 0 Å². The van der Waals surface area contributed by atoms with Crippen LogP contribution in [-0.4, -0.2) is 68.4 Å². The molecular formula is C33H41NO7. The summed E-state index contributed by atoms with van der Waals surface area (Å²) in [7, 11) is 1.62. The molecule has 1 heterocycles. The summed E-state index contributed by atoms with van der Waals surface area (Å²) in [5.41, 5.74) is 3.03. The number of hydrogen-bond acceptors (Lipinski definition) is 7. The first-order valence-corrected chi connectivity index (χ1v) is 14.2. The van der Waals surface area contributed by atoms with Gasteiger partial charge in [-0.3, -0.25) is 4.79 Å². The lowest BCUT2D eigenvalue weighted by Crippen LogP contribution is -2.61. The van der Waals surface area contributed by atoms with Crippen LogP contribution in [0.25, 0.3) is 0 Å². The molecule has 4 rings (SSSR count). The van der Waals surface area contributed by atoms with Crippen molar-refractivity contribution >= 4 is 5.91 Å². The van der Waals surface area contributed by atoms with Crippen LogP contribution in [0.4, 0.5) is 0 Å². The molecule has 41 heavy (non-hydrogen) atoms. The van der Waals surface area contributed by atoms with Crippen molar-refractivity contribution in [3.8, 4) is 0 Å². The summed E-state index contributed by atoms with van der Waals surface area (Å²) >= 11 is 0. The number of rotatable bonds is 16. The Morgan fingerprint density at radius 1 is 0.732 bits per heavy atom. The molecule has 0 spiro atoms. The normalized spacial score (nSPS) is 22.3. The highest BCUT2D eigenvalue weighted by Gasteiger charge is 2.47. The van der Waals surface area contributed by atoms with Gasteiger partial charge in [0, 0.05) is 20.1 Å². The summed E-state index contributed by atoms with van der Waals surface area (Å²) in [4.78, 5) is 11.6. The summed E-state index contributed by atoms with van der Waals surface area (Å²) in [5.74, 6) is -0.0280. The molecule has 8 heteroatoms. The Morgan fingerprint density at radius 2 is 1.24 bits per heavy atom. The number of ether oxygens (including phenoxy) is 5. The highest BCUT2D eigenvalue weighted by molar-refractivity contribution is 5.75. The quantitative estimate of drug-likeness (QED) is 0.254. The van der Waals surface area contributed by atoms with Gasteiger partial charge in [0.2, 0.25) is 5.91 Å². The number of hydrogen-bond donors (Lipinski definition) is 2. The molecule has 5 atom stereocenters. The molecule has 3 aromatic carbocycles. The Hall–Kier alpha value is -3.11. The van der Waals surface area contributed by atoms with Crippen molar-refractivity contribution < 1.29 is 33.6 Å². The Labute approximate surface area is 242 Å². The number of carbonyl (C=O) groups is 1. The predicted molar refractivity (Wildman–Crippen MR) is 155 cm³/mol. The molecule has 220 valence electrons. The second-order valence-electron chi connectivity index (χ2n) is 10.1. The minimum absolute atomic E-state index is 0.0280. The monoisotopic (exact) mass is 563 g/mol. The largest absolute Gasteiger partial charge is 0.387 e. The second-order valence-corrected chi connectivity index (χ2v) is 10.1. The molecule has 0 unspecified atom stereocenters. The average Bonchev–Trinajstić information content (AvgIpc) is 3.02. The van der Waals surface area contributed by atoms with Crippen molar-refractivity contribution in [1.29, 1.82) is 0 Å². The highest BCUT2D eigenvalue weighted by atomic mass is 16.6. The maximum absolute atomic E-state index is 11.6. The van der Waals surface area contributed by atoms with Gasteiger partial charge >= 0.3 is 0 Å². The second kappa shape index (κ2) is 17.0. The van der Waals surface area contributed by atoms with Crippen molar-refractivity contribution in [1.82, 2.24) is 5.32 Å². The van der Waals surface area contributed by atoms with E-state index in [9.17, 15) is 9.90 Å². The fourth-order valence-electron chi connectivity index (χ4n) is 4.73. The van der Waals surface area contributed by atoms with Crippen molar-refractivity contribution in [3.05, 3.63) is 108 Å². The molecule has 0 radical (unpaired) electrons. The van der Waals surface area contributed by atoms with E-state index in [4.69, 9.17) is 23.7 Å². The molecule has 1 aliphatic rings. The maximum Gasteiger partial charge on any atom is 0.219 e. The standard InChI is InChI=1S/C33H41NO7/c1-34-30(35)18-11-19-37-24-29-32(39-21-26-14-7-3-8-15-26)33(40-22-27-16-9-4-10-17-27)31(36)28(41-29)23-38-20-25-12-5-2-6-13-25/h2-10,12-17,28-29,31-33,36H,11,18-24H2,1H3,(H,34,35)/t28-,29+,31-,32+,33+/m1/s1. The van der Waals surface area contributed by atoms with E-state index >= 15 is 0 Å². The minimum Gasteiger partial charge on any atom is -0.387 e. The summed E-state index contributed by atoms with van der Waals surface area (Å²) in [6.45, 7) is 1.84. The first-order chi connectivity index (χ1) is 20.1. The molecule has 0 aromatic heterocycles. The van der Waals surface area contributed by atoms with Crippen LogP contribution in [0.5, 0.6) is 0 Å². The van der Waals surface area contributed by atoms with E-state index in [0.717, 1.165) is 16.7 Å². The van der Waals surface area contributed by atoms with Gasteiger partial charge in [-0.1, -0.05) is 91.0 Å². The number of aliphatic hydroxyl groups excluding tert-OH is 1. The van der Waals surface area contributed by atoms with E-state index < -0.39 is 30.5 Å². The fraction of sp³-hybridized carbons (Fsp3) is 0.424. The average molecular weight is 564 g/mol. The lowest BCUT2D eigenvalue weighted by molar-refractivity contribution is -0.268. The highest BCUT2D eigenvalue weighted by Crippen LogP contribution is 2.29. The number of amides is 1. The summed E-state index contributed by atoms with van der Waals surface area (Å²) in [6.07, 6.45) is -2.46. The van der Waals surface area contributed by atoms with E-state index in [1.54, 1.807) is 7.05 Å². The van der Waals surface area contributed by atoms with E-state index in [1.807, 2.05) is 91.0 Å². The third-order valence-electron chi connectivity index (χ3n) is 6.98. The SMILES string of the molecule is CNC(=O)CCCOC[C@@H]1O[C@H](COCc2ccccc2)[C@@H](O)[C@H](OCc2ccccc2)[C@H]1OCc1ccccc1. The van der Waals surface area contributed by atoms with Crippen LogP contribution in [0, 0.1) is 0 Å². The van der Waals surface area contributed by atoms with Crippen LogP contribution in [0.15, 0.2) is 91.0 Å². The third-order valence-corrected chi connectivity index (χ3v) is 6.98. The van der Waals surface area contributed by atoms with Crippen LogP contribution in [-0.2, 0) is 48.3 Å². The van der Waals surface area contributed by atoms with E-state index in [2.05, 4.69) is 5.32 Å². The van der Waals surface area contributed by atoms with E-state index in [1.165, 1.54) is 0 Å². The topological polar surface area (TPSA) is 95.5 Å². The molecule has 3 aromatic rings. The van der Waals surface area contributed by atoms with Gasteiger partial charge in [0.15, 0.2) is 0 Å². The molecule has 0 saturated carbocycles. The Balaban J connectivity index is 1.47. The van der Waals surface area contributed by atoms with Gasteiger partial charge in [0.05, 0.1) is 33.0 Å². The third kappa shape index (κ3) is 10.0. The van der Waals surface area contributed by atoms with Crippen LogP contribution >= 0.6 is 0 Å². The Morgan fingerprint density at radius 3 is 1.80 bits per heavy atom. The van der Waals surface area contributed by atoms with Gasteiger partial charge < -0.3 is 34.1 Å². The Bertz CT molecular complexity index is 1130. The lowest BCUT2D eigenvalue weighted by atomic mass is 9.94. The molecule has 1 fully saturated rings. The van der Waals surface area contributed by atoms with Crippen molar-refractivity contribution in [2.45, 2.75) is 63.2 Å². The molecule has 1 aliphatic heterocycles. The Kier molecular flexibility index (Phi) is 12.8. The number of carbonyl (C=O) groups excluding carboxylic acids is 1. The van der Waals surface area contributed by atoms with Gasteiger partial charge in [-0.05, 0) is 23.1 Å². The molecule has 1 amide bonds. The minimum atomic E-state index is -0.986. The summed E-state index contributed by atoms with van der Waals surface area (Å²) in [5, 5.41) is 14.1. The predicted octanol–water partition coefficient (Wildman–Crippen LogP) is 4.05. The first-order valence-electron chi connectivity index (χ1n) is 14.2. The molecule has 1 saturated heterocycles. The molecular weight excluding hydrogens is 522 g/mol. The number of aliphatic hydroxyl groups is 1. The molecule has 0 aliphatic carbocycles. The lowest BCUT2D eigenvalue weighted by Gasteiger charge is -2.44. The molecule has 0 bridgehead atoms. The van der Waals surface area contributed by atoms with Crippen LogP contribution in [0.2, 0.25) is 0 Å². The van der Waals surface area contributed by atoms with Crippen molar-refractivity contribution in [2.75, 3.05) is 26.9 Å². The summed E-state index contributed by atoms with van der Waals surface area (Å²) in [6, 6.07) is 29.6. The van der Waals surface area contributed by atoms with Crippen molar-refractivity contribution in [2.24, 2.45) is 0 Å². The van der Waals surface area contributed by atoms with E-state index in [-0.39, 0.29) is 19.1 Å². The van der Waals surface area contributed by atoms with E-state index in [0.29, 0.717) is 39.3 Å². The summed E-state index contributed by atoms with van der Waals surface area (Å²) < 4.78 is 31.1. The zero-order chi connectivity index (χ0) is 28.7. The molecule has 8 nitrogen and oxygen atoms in total. The van der Waals surface area contributed by atoms with Gasteiger partial charge in [-0.15, -0.1) is 0 Å². The van der Waals surface area contributed by atoms with Crippen LogP contribution in [0.1, 0.15) is 29.5 Å². The zero-order valence-electron chi connectivity index (χ0n) is 23.6. The van der Waals surface area contributed by atoms with Crippen molar-refractivity contribution in [3.63, 3.8) is 0 Å². The van der Waals surface area contributed by atoms with Gasteiger partial charge in [-0.2, -0.15) is 0 Å². The first kappa shape index (κ1) is 30.8. The van der Waals surface area contributed by atoms with Gasteiger partial charge in [0.25, 0.3) is 0 Å².